The molecule has 0 saturated heterocycles. The number of hydrogen-bond acceptors (Lipinski definition) is 4. The molecular formula is C25H23Cl2F2N3OS. The van der Waals surface area contributed by atoms with Crippen LogP contribution < -0.4 is 5.32 Å². The van der Waals surface area contributed by atoms with Crippen LogP contribution in [0.3, 0.4) is 0 Å². The Morgan fingerprint density at radius 2 is 1.47 bits per heavy atom. The van der Waals surface area contributed by atoms with Crippen LogP contribution in [0, 0.1) is 0 Å². The van der Waals surface area contributed by atoms with Crippen LogP contribution in [0.1, 0.15) is 37.1 Å². The van der Waals surface area contributed by atoms with Crippen LogP contribution in [-0.4, -0.2) is 34.0 Å². The van der Waals surface area contributed by atoms with Gasteiger partial charge in [-0.25, -0.2) is 18.7 Å². The van der Waals surface area contributed by atoms with Crippen LogP contribution in [-0.2, 0) is 11.3 Å². The summed E-state index contributed by atoms with van der Waals surface area (Å²) in [5.41, 5.74) is 3.94. The van der Waals surface area contributed by atoms with Gasteiger partial charge in [0.25, 0.3) is 0 Å². The summed E-state index contributed by atoms with van der Waals surface area (Å²) in [6.07, 6.45) is 0.366. The molecule has 0 unspecified atom stereocenters. The van der Waals surface area contributed by atoms with Crippen molar-refractivity contribution in [2.24, 2.45) is 0 Å². The number of thiocarbonyl (C=S) groups is 1. The van der Waals surface area contributed by atoms with E-state index >= 15 is 0 Å². The van der Waals surface area contributed by atoms with Crippen molar-refractivity contribution in [2.75, 3.05) is 7.11 Å². The van der Waals surface area contributed by atoms with Crippen molar-refractivity contribution >= 4 is 40.4 Å². The maximum Gasteiger partial charge on any atom is 0.248 e. The second-order valence-electron chi connectivity index (χ2n) is 8.27. The fraction of sp³-hybridized carbons (Fsp3) is 0.320. The number of aromatic nitrogens is 2. The zero-order valence-electron chi connectivity index (χ0n) is 18.5. The lowest BCUT2D eigenvalue weighted by molar-refractivity contribution is -0.0389. The Kier molecular flexibility index (Phi) is 7.77. The maximum absolute atomic E-state index is 13.6. The van der Waals surface area contributed by atoms with Gasteiger partial charge in [0.1, 0.15) is 10.7 Å². The molecule has 1 saturated carbocycles. The quantitative estimate of drug-likeness (QED) is 0.350. The van der Waals surface area contributed by atoms with E-state index in [4.69, 9.17) is 50.1 Å². The van der Waals surface area contributed by atoms with Crippen LogP contribution in [0.5, 0.6) is 0 Å². The molecule has 0 atom stereocenters. The van der Waals surface area contributed by atoms with E-state index in [1.807, 2.05) is 24.3 Å². The standard InChI is InChI=1S/C25H23Cl2F2N3OS/c1-33-14-20-23(24(34)30-19-10-12-25(28,29)13-11-19)32-22(16-4-8-18(27)9-5-16)21(31-20)15-2-6-17(26)7-3-15/h2-9,19H,10-14H2,1H3,(H,30,34). The van der Waals surface area contributed by atoms with Gasteiger partial charge in [-0.05, 0) is 37.1 Å². The molecule has 1 fully saturated rings. The maximum atomic E-state index is 13.6. The molecule has 4 rings (SSSR count). The lowest BCUT2D eigenvalue weighted by atomic mass is 9.92. The molecule has 0 bridgehead atoms. The second-order valence-corrected chi connectivity index (χ2v) is 9.55. The molecule has 1 aromatic heterocycles. The van der Waals surface area contributed by atoms with Crippen LogP contribution >= 0.6 is 35.4 Å². The average molecular weight is 522 g/mol. The Morgan fingerprint density at radius 3 is 1.97 bits per heavy atom. The molecule has 9 heteroatoms. The van der Waals surface area contributed by atoms with Gasteiger partial charge in [-0.3, -0.25) is 0 Å². The molecule has 34 heavy (non-hydrogen) atoms. The third-order valence-corrected chi connectivity index (χ3v) is 6.57. The number of ether oxygens (including phenoxy) is 1. The molecule has 1 N–H and O–H groups in total. The molecule has 1 heterocycles. The zero-order chi connectivity index (χ0) is 24.3. The molecule has 2 aromatic carbocycles. The Labute approximate surface area is 212 Å². The highest BCUT2D eigenvalue weighted by Gasteiger charge is 2.35. The minimum Gasteiger partial charge on any atom is -0.378 e. The van der Waals surface area contributed by atoms with Crippen molar-refractivity contribution < 1.29 is 13.5 Å². The Balaban J connectivity index is 1.76. The Morgan fingerprint density at radius 1 is 0.971 bits per heavy atom. The highest BCUT2D eigenvalue weighted by atomic mass is 35.5. The van der Waals surface area contributed by atoms with Gasteiger partial charge in [-0.1, -0.05) is 59.7 Å². The smallest absolute Gasteiger partial charge is 0.248 e. The van der Waals surface area contributed by atoms with Crippen molar-refractivity contribution in [3.8, 4) is 22.5 Å². The first-order valence-corrected chi connectivity index (χ1v) is 12.0. The fourth-order valence-electron chi connectivity index (χ4n) is 3.95. The summed E-state index contributed by atoms with van der Waals surface area (Å²) in [6, 6.07) is 14.5. The number of hydrogen-bond donors (Lipinski definition) is 1. The van der Waals surface area contributed by atoms with E-state index in [0.29, 0.717) is 50.7 Å². The summed E-state index contributed by atoms with van der Waals surface area (Å²) in [4.78, 5) is 10.2. The lowest BCUT2D eigenvalue weighted by Gasteiger charge is -2.29. The summed E-state index contributed by atoms with van der Waals surface area (Å²) in [6.45, 7) is 0.189. The topological polar surface area (TPSA) is 47.0 Å². The first-order chi connectivity index (χ1) is 16.3. The van der Waals surface area contributed by atoms with E-state index in [1.54, 1.807) is 31.4 Å². The Bertz CT molecular complexity index is 1160. The van der Waals surface area contributed by atoms with Gasteiger partial charge < -0.3 is 10.1 Å². The van der Waals surface area contributed by atoms with E-state index in [0.717, 1.165) is 11.1 Å². The van der Waals surface area contributed by atoms with Crippen LogP contribution in [0.2, 0.25) is 10.0 Å². The lowest BCUT2D eigenvalue weighted by Crippen LogP contribution is -2.40. The summed E-state index contributed by atoms with van der Waals surface area (Å²) in [7, 11) is 1.57. The summed E-state index contributed by atoms with van der Waals surface area (Å²) < 4.78 is 32.5. The van der Waals surface area contributed by atoms with Gasteiger partial charge in [0.15, 0.2) is 0 Å². The van der Waals surface area contributed by atoms with Crippen molar-refractivity contribution in [3.63, 3.8) is 0 Å². The van der Waals surface area contributed by atoms with Gasteiger partial charge in [0.05, 0.1) is 23.7 Å². The average Bonchev–Trinajstić information content (AvgIpc) is 2.81. The third kappa shape index (κ3) is 5.89. The van der Waals surface area contributed by atoms with Gasteiger partial charge in [-0.2, -0.15) is 0 Å². The highest BCUT2D eigenvalue weighted by molar-refractivity contribution is 7.80. The van der Waals surface area contributed by atoms with E-state index in [2.05, 4.69) is 5.32 Å². The van der Waals surface area contributed by atoms with Crippen LogP contribution in [0.15, 0.2) is 48.5 Å². The van der Waals surface area contributed by atoms with Crippen molar-refractivity contribution in [3.05, 3.63) is 70.0 Å². The zero-order valence-corrected chi connectivity index (χ0v) is 20.8. The van der Waals surface area contributed by atoms with Crippen molar-refractivity contribution in [1.82, 2.24) is 15.3 Å². The predicted octanol–water partition coefficient (Wildman–Crippen LogP) is 7.11. The number of alkyl halides is 2. The Hall–Kier alpha value is -2.19. The number of nitrogens with one attached hydrogen (secondary N) is 1. The third-order valence-electron chi connectivity index (χ3n) is 5.75. The molecule has 3 aromatic rings. The van der Waals surface area contributed by atoms with Crippen molar-refractivity contribution in [1.29, 1.82) is 0 Å². The molecule has 4 nitrogen and oxygen atoms in total. The second kappa shape index (κ2) is 10.6. The summed E-state index contributed by atoms with van der Waals surface area (Å²) >= 11 is 17.9. The molecule has 0 aliphatic heterocycles. The van der Waals surface area contributed by atoms with E-state index in [1.165, 1.54) is 0 Å². The van der Waals surface area contributed by atoms with Crippen molar-refractivity contribution in [2.45, 2.75) is 44.3 Å². The number of methoxy groups -OCH3 is 1. The number of nitrogens with zero attached hydrogens (tertiary/aromatic N) is 2. The minimum absolute atomic E-state index is 0.140. The predicted molar refractivity (Wildman–Crippen MR) is 136 cm³/mol. The molecule has 0 amide bonds. The van der Waals surface area contributed by atoms with E-state index in [9.17, 15) is 8.78 Å². The molecular weight excluding hydrogens is 499 g/mol. The van der Waals surface area contributed by atoms with Crippen LogP contribution in [0.4, 0.5) is 8.78 Å². The SMILES string of the molecule is COCc1nc(-c2ccc(Cl)cc2)c(-c2ccc(Cl)cc2)nc1C(=S)NC1CCC(F)(F)CC1. The summed E-state index contributed by atoms with van der Waals surface area (Å²) in [5.74, 6) is -2.61. The molecule has 0 spiro atoms. The molecule has 1 aliphatic rings. The largest absolute Gasteiger partial charge is 0.378 e. The van der Waals surface area contributed by atoms with Gasteiger partial charge >= 0.3 is 0 Å². The summed E-state index contributed by atoms with van der Waals surface area (Å²) in [5, 5.41) is 4.44. The first-order valence-electron chi connectivity index (χ1n) is 10.9. The van der Waals surface area contributed by atoms with Gasteiger partial charge in [-0.15, -0.1) is 0 Å². The van der Waals surface area contributed by atoms with Crippen LogP contribution in [0.25, 0.3) is 22.5 Å². The number of benzene rings is 2. The monoisotopic (exact) mass is 521 g/mol. The molecule has 0 radical (unpaired) electrons. The number of rotatable bonds is 6. The highest BCUT2D eigenvalue weighted by Crippen LogP contribution is 2.34. The van der Waals surface area contributed by atoms with Gasteiger partial charge in [0, 0.05) is 47.2 Å². The molecule has 1 aliphatic carbocycles. The first kappa shape index (κ1) is 24.9. The number of halogens is 4. The molecule has 178 valence electrons. The minimum atomic E-state index is -2.61. The van der Waals surface area contributed by atoms with E-state index in [-0.39, 0.29) is 25.5 Å². The normalized spacial score (nSPS) is 15.8. The van der Waals surface area contributed by atoms with E-state index < -0.39 is 5.92 Å². The van der Waals surface area contributed by atoms with Gasteiger partial charge in [0.2, 0.25) is 5.92 Å². The fourth-order valence-corrected chi connectivity index (χ4v) is 4.53.